The minimum absolute atomic E-state index is 0.0526. The summed E-state index contributed by atoms with van der Waals surface area (Å²) >= 11 is 0. The van der Waals surface area contributed by atoms with Crippen LogP contribution in [0.2, 0.25) is 0 Å². The number of ketones is 1. The Kier molecular flexibility index (Phi) is 3.55. The second-order valence-electron chi connectivity index (χ2n) is 3.09. The van der Waals surface area contributed by atoms with Crippen LogP contribution in [-0.4, -0.2) is 18.9 Å². The van der Waals surface area contributed by atoms with Crippen LogP contribution in [0.15, 0.2) is 24.3 Å². The molecule has 15 heavy (non-hydrogen) atoms. The average Bonchev–Trinajstić information content (AvgIpc) is 2.20. The number of carbonyl (C=O) groups is 2. The molecule has 0 radical (unpaired) electrons. The second-order valence-corrected chi connectivity index (χ2v) is 3.09. The first-order chi connectivity index (χ1) is 7.07. The van der Waals surface area contributed by atoms with Crippen molar-refractivity contribution < 1.29 is 18.7 Å². The normalized spacial score (nSPS) is 11.9. The maximum atomic E-state index is 13.3. The van der Waals surface area contributed by atoms with Gasteiger partial charge in [0.25, 0.3) is 0 Å². The van der Waals surface area contributed by atoms with Crippen LogP contribution in [0.5, 0.6) is 0 Å². The summed E-state index contributed by atoms with van der Waals surface area (Å²) in [5.41, 5.74) is 0.0526. The molecule has 1 unspecified atom stereocenters. The third-order valence-corrected chi connectivity index (χ3v) is 2.06. The summed E-state index contributed by atoms with van der Waals surface area (Å²) in [4.78, 5) is 22.5. The van der Waals surface area contributed by atoms with Gasteiger partial charge in [-0.1, -0.05) is 18.2 Å². The van der Waals surface area contributed by atoms with E-state index in [4.69, 9.17) is 0 Å². The Bertz CT molecular complexity index is 387. The summed E-state index contributed by atoms with van der Waals surface area (Å²) < 4.78 is 17.8. The van der Waals surface area contributed by atoms with E-state index in [9.17, 15) is 14.0 Å². The summed E-state index contributed by atoms with van der Waals surface area (Å²) in [6.45, 7) is 1.23. The molecule has 4 heteroatoms. The smallest absolute Gasteiger partial charge is 0.320 e. The van der Waals surface area contributed by atoms with Gasteiger partial charge < -0.3 is 4.74 Å². The lowest BCUT2D eigenvalue weighted by Gasteiger charge is -2.12. The van der Waals surface area contributed by atoms with Gasteiger partial charge in [0.1, 0.15) is 17.5 Å². The van der Waals surface area contributed by atoms with Gasteiger partial charge in [0.05, 0.1) is 7.11 Å². The molecule has 0 aliphatic heterocycles. The predicted molar refractivity (Wildman–Crippen MR) is 51.8 cm³/mol. The lowest BCUT2D eigenvalue weighted by molar-refractivity contribution is -0.145. The van der Waals surface area contributed by atoms with Crippen LogP contribution in [0.4, 0.5) is 4.39 Å². The number of Topliss-reactive ketones (excluding diaryl/α,β-unsaturated/α-hetero) is 1. The Morgan fingerprint density at radius 1 is 1.33 bits per heavy atom. The van der Waals surface area contributed by atoms with Crippen molar-refractivity contribution in [2.24, 2.45) is 0 Å². The number of benzene rings is 1. The number of hydrogen-bond acceptors (Lipinski definition) is 3. The van der Waals surface area contributed by atoms with Gasteiger partial charge >= 0.3 is 5.97 Å². The number of carbonyl (C=O) groups excluding carboxylic acids is 2. The fourth-order valence-corrected chi connectivity index (χ4v) is 1.34. The summed E-state index contributed by atoms with van der Waals surface area (Å²) in [6.07, 6.45) is 0. The van der Waals surface area contributed by atoms with Crippen LogP contribution in [0.1, 0.15) is 18.4 Å². The maximum absolute atomic E-state index is 13.3. The van der Waals surface area contributed by atoms with Gasteiger partial charge in [-0.25, -0.2) is 4.39 Å². The highest BCUT2D eigenvalue weighted by molar-refractivity contribution is 6.03. The first kappa shape index (κ1) is 11.4. The SMILES string of the molecule is COC(=O)C(C(C)=O)c1ccccc1F. The van der Waals surface area contributed by atoms with Gasteiger partial charge in [0.2, 0.25) is 0 Å². The summed E-state index contributed by atoms with van der Waals surface area (Å²) in [7, 11) is 1.17. The van der Waals surface area contributed by atoms with Gasteiger partial charge in [-0.15, -0.1) is 0 Å². The largest absolute Gasteiger partial charge is 0.468 e. The molecule has 0 spiro atoms. The number of esters is 1. The van der Waals surface area contributed by atoms with Gasteiger partial charge in [-0.2, -0.15) is 0 Å². The lowest BCUT2D eigenvalue weighted by Crippen LogP contribution is -2.22. The van der Waals surface area contributed by atoms with Crippen molar-refractivity contribution in [1.82, 2.24) is 0 Å². The molecular weight excluding hydrogens is 199 g/mol. The van der Waals surface area contributed by atoms with Crippen molar-refractivity contribution in [3.05, 3.63) is 35.6 Å². The van der Waals surface area contributed by atoms with Crippen molar-refractivity contribution >= 4 is 11.8 Å². The number of halogens is 1. The number of ether oxygens (including phenoxy) is 1. The van der Waals surface area contributed by atoms with E-state index in [1.54, 1.807) is 6.07 Å². The minimum Gasteiger partial charge on any atom is -0.468 e. The third kappa shape index (κ3) is 2.40. The van der Waals surface area contributed by atoms with E-state index < -0.39 is 23.5 Å². The van der Waals surface area contributed by atoms with E-state index in [0.717, 1.165) is 0 Å². The Hall–Kier alpha value is -1.71. The maximum Gasteiger partial charge on any atom is 0.320 e. The van der Waals surface area contributed by atoms with E-state index in [1.807, 2.05) is 0 Å². The van der Waals surface area contributed by atoms with Crippen molar-refractivity contribution in [1.29, 1.82) is 0 Å². The van der Waals surface area contributed by atoms with Crippen molar-refractivity contribution in [3.63, 3.8) is 0 Å². The van der Waals surface area contributed by atoms with Gasteiger partial charge in [-0.3, -0.25) is 9.59 Å². The molecule has 0 saturated heterocycles. The van der Waals surface area contributed by atoms with E-state index >= 15 is 0 Å². The molecule has 0 aliphatic carbocycles. The molecule has 0 heterocycles. The first-order valence-corrected chi connectivity index (χ1v) is 4.40. The molecule has 0 amide bonds. The van der Waals surface area contributed by atoms with Crippen LogP contribution in [0.25, 0.3) is 0 Å². The fourth-order valence-electron chi connectivity index (χ4n) is 1.34. The molecule has 0 aliphatic rings. The Balaban J connectivity index is 3.16. The number of hydrogen-bond donors (Lipinski definition) is 0. The molecule has 80 valence electrons. The molecule has 0 aromatic heterocycles. The first-order valence-electron chi connectivity index (χ1n) is 4.40. The van der Waals surface area contributed by atoms with E-state index in [2.05, 4.69) is 4.74 Å². The molecule has 1 aromatic carbocycles. The average molecular weight is 210 g/mol. The molecule has 1 rings (SSSR count). The van der Waals surface area contributed by atoms with Crippen LogP contribution in [0.3, 0.4) is 0 Å². The summed E-state index contributed by atoms with van der Waals surface area (Å²) in [5, 5.41) is 0. The highest BCUT2D eigenvalue weighted by Crippen LogP contribution is 2.21. The van der Waals surface area contributed by atoms with Crippen LogP contribution < -0.4 is 0 Å². The molecule has 0 N–H and O–H groups in total. The van der Waals surface area contributed by atoms with Gasteiger partial charge in [0.15, 0.2) is 0 Å². The lowest BCUT2D eigenvalue weighted by atomic mass is 9.95. The quantitative estimate of drug-likeness (QED) is 0.563. The second kappa shape index (κ2) is 4.68. The number of rotatable bonds is 3. The zero-order valence-corrected chi connectivity index (χ0v) is 8.49. The monoisotopic (exact) mass is 210 g/mol. The predicted octanol–water partition coefficient (Wildman–Crippen LogP) is 1.67. The molecule has 1 atom stereocenters. The van der Waals surface area contributed by atoms with Crippen molar-refractivity contribution in [3.8, 4) is 0 Å². The van der Waals surface area contributed by atoms with Crippen LogP contribution in [-0.2, 0) is 14.3 Å². The molecule has 1 aromatic rings. The molecule has 0 bridgehead atoms. The highest BCUT2D eigenvalue weighted by Gasteiger charge is 2.28. The topological polar surface area (TPSA) is 43.4 Å². The van der Waals surface area contributed by atoms with E-state index in [1.165, 1.54) is 32.2 Å². The zero-order valence-electron chi connectivity index (χ0n) is 8.49. The minimum atomic E-state index is -1.17. The van der Waals surface area contributed by atoms with Crippen LogP contribution in [0, 0.1) is 5.82 Å². The Morgan fingerprint density at radius 2 is 1.93 bits per heavy atom. The molecular formula is C11H11FO3. The van der Waals surface area contributed by atoms with Crippen molar-refractivity contribution in [2.75, 3.05) is 7.11 Å². The Labute approximate surface area is 86.9 Å². The van der Waals surface area contributed by atoms with Crippen molar-refractivity contribution in [2.45, 2.75) is 12.8 Å². The number of methoxy groups -OCH3 is 1. The fraction of sp³-hybridized carbons (Fsp3) is 0.273. The zero-order chi connectivity index (χ0) is 11.4. The summed E-state index contributed by atoms with van der Waals surface area (Å²) in [6, 6.07) is 5.66. The van der Waals surface area contributed by atoms with Crippen LogP contribution >= 0.6 is 0 Å². The van der Waals surface area contributed by atoms with E-state index in [-0.39, 0.29) is 5.56 Å². The molecule has 0 saturated carbocycles. The molecule has 3 nitrogen and oxygen atoms in total. The van der Waals surface area contributed by atoms with Gasteiger partial charge in [0, 0.05) is 5.56 Å². The third-order valence-electron chi connectivity index (χ3n) is 2.06. The standard InChI is InChI=1S/C11H11FO3/c1-7(13)10(11(14)15-2)8-5-3-4-6-9(8)12/h3-6,10H,1-2H3. The summed E-state index contributed by atoms with van der Waals surface area (Å²) in [5.74, 6) is -2.93. The van der Waals surface area contributed by atoms with Gasteiger partial charge in [-0.05, 0) is 13.0 Å². The van der Waals surface area contributed by atoms with E-state index in [0.29, 0.717) is 0 Å². The Morgan fingerprint density at radius 3 is 2.40 bits per heavy atom. The molecule has 0 fully saturated rings. The highest BCUT2D eigenvalue weighted by atomic mass is 19.1.